The summed E-state index contributed by atoms with van der Waals surface area (Å²) in [5, 5.41) is 11.0. The van der Waals surface area contributed by atoms with Gasteiger partial charge in [0.05, 0.1) is 31.1 Å². The maximum Gasteiger partial charge on any atom is 0.269 e. The van der Waals surface area contributed by atoms with Crippen LogP contribution in [0, 0.1) is 10.1 Å². The first-order chi connectivity index (χ1) is 17.5. The Balaban J connectivity index is 1.68. The molecule has 3 aromatic rings. The van der Waals surface area contributed by atoms with Gasteiger partial charge < -0.3 is 19.1 Å². The van der Waals surface area contributed by atoms with Crippen LogP contribution in [-0.2, 0) is 11.2 Å². The molecule has 0 N–H and O–H groups in total. The summed E-state index contributed by atoms with van der Waals surface area (Å²) in [6.45, 7) is 2.75. The van der Waals surface area contributed by atoms with Crippen molar-refractivity contribution in [2.75, 3.05) is 27.4 Å². The van der Waals surface area contributed by atoms with Crippen molar-refractivity contribution in [1.29, 1.82) is 0 Å². The zero-order valence-electron chi connectivity index (χ0n) is 20.7. The van der Waals surface area contributed by atoms with Gasteiger partial charge in [-0.3, -0.25) is 14.9 Å². The van der Waals surface area contributed by atoms with Crippen LogP contribution in [0.25, 0.3) is 0 Å². The van der Waals surface area contributed by atoms with Gasteiger partial charge in [-0.2, -0.15) is 0 Å². The number of nitro benzene ring substituents is 1. The van der Waals surface area contributed by atoms with Gasteiger partial charge in [0.1, 0.15) is 12.4 Å². The number of rotatable bonds is 9. The fourth-order valence-electron chi connectivity index (χ4n) is 4.75. The van der Waals surface area contributed by atoms with Crippen LogP contribution in [0.3, 0.4) is 0 Å². The monoisotopic (exact) mass is 490 g/mol. The van der Waals surface area contributed by atoms with Gasteiger partial charge in [0.25, 0.3) is 5.69 Å². The molecule has 8 heteroatoms. The molecule has 188 valence electrons. The Bertz CT molecular complexity index is 1210. The molecule has 1 aliphatic rings. The molecule has 0 radical (unpaired) electrons. The van der Waals surface area contributed by atoms with Crippen molar-refractivity contribution in [2.24, 2.45) is 0 Å². The molecular formula is C28H30N2O6. The van der Waals surface area contributed by atoms with Crippen LogP contribution in [0.4, 0.5) is 5.69 Å². The van der Waals surface area contributed by atoms with Gasteiger partial charge in [-0.1, -0.05) is 37.3 Å². The number of nitro groups is 1. The van der Waals surface area contributed by atoms with E-state index in [-0.39, 0.29) is 30.2 Å². The largest absolute Gasteiger partial charge is 0.493 e. The molecule has 0 aromatic heterocycles. The molecule has 0 saturated heterocycles. The Labute approximate surface area is 210 Å². The second-order valence-electron chi connectivity index (χ2n) is 8.64. The van der Waals surface area contributed by atoms with Gasteiger partial charge in [-0.15, -0.1) is 0 Å². The quantitative estimate of drug-likeness (QED) is 0.298. The van der Waals surface area contributed by atoms with E-state index in [1.54, 1.807) is 26.4 Å². The predicted molar refractivity (Wildman–Crippen MR) is 136 cm³/mol. The molecule has 4 rings (SSSR count). The van der Waals surface area contributed by atoms with Crippen molar-refractivity contribution >= 4 is 11.6 Å². The van der Waals surface area contributed by atoms with E-state index in [1.807, 2.05) is 54.3 Å². The lowest BCUT2D eigenvalue weighted by atomic mass is 9.89. The van der Waals surface area contributed by atoms with Crippen molar-refractivity contribution < 1.29 is 23.9 Å². The maximum absolute atomic E-state index is 13.9. The van der Waals surface area contributed by atoms with E-state index in [9.17, 15) is 14.9 Å². The maximum atomic E-state index is 13.9. The van der Waals surface area contributed by atoms with Gasteiger partial charge in [0.2, 0.25) is 5.91 Å². The molecule has 2 atom stereocenters. The minimum absolute atomic E-state index is 0.00681. The third-order valence-corrected chi connectivity index (χ3v) is 6.65. The van der Waals surface area contributed by atoms with Crippen LogP contribution in [-0.4, -0.2) is 43.1 Å². The number of carbonyl (C=O) groups is 1. The second kappa shape index (κ2) is 11.1. The van der Waals surface area contributed by atoms with Crippen molar-refractivity contribution in [3.63, 3.8) is 0 Å². The molecule has 1 heterocycles. The molecule has 1 aliphatic heterocycles. The van der Waals surface area contributed by atoms with E-state index in [4.69, 9.17) is 14.2 Å². The topological polar surface area (TPSA) is 91.1 Å². The summed E-state index contributed by atoms with van der Waals surface area (Å²) in [5.74, 6) is 1.50. The zero-order chi connectivity index (χ0) is 25.7. The third kappa shape index (κ3) is 5.12. The molecule has 8 nitrogen and oxygen atoms in total. The number of methoxy groups -OCH3 is 2. The van der Waals surface area contributed by atoms with Crippen LogP contribution in [0.15, 0.2) is 66.7 Å². The highest BCUT2D eigenvalue weighted by Crippen LogP contribution is 2.40. The van der Waals surface area contributed by atoms with E-state index in [0.717, 1.165) is 16.7 Å². The predicted octanol–water partition coefficient (Wildman–Crippen LogP) is 5.31. The molecule has 0 saturated carbocycles. The number of fused-ring (bicyclic) bond motifs is 1. The van der Waals surface area contributed by atoms with E-state index >= 15 is 0 Å². The van der Waals surface area contributed by atoms with Crippen LogP contribution >= 0.6 is 0 Å². The minimum atomic E-state index is -0.449. The Morgan fingerprint density at radius 2 is 1.72 bits per heavy atom. The highest BCUT2D eigenvalue weighted by molar-refractivity contribution is 5.84. The molecule has 0 spiro atoms. The molecule has 0 unspecified atom stereocenters. The number of ether oxygens (including phenoxy) is 3. The van der Waals surface area contributed by atoms with Gasteiger partial charge in [-0.05, 0) is 53.8 Å². The van der Waals surface area contributed by atoms with Gasteiger partial charge in [0.15, 0.2) is 11.5 Å². The molecule has 1 amide bonds. The number of benzene rings is 3. The molecular weight excluding hydrogens is 460 g/mol. The number of carbonyl (C=O) groups excluding carboxylic acids is 1. The molecule has 0 bridgehead atoms. The van der Waals surface area contributed by atoms with Crippen molar-refractivity contribution in [2.45, 2.75) is 31.7 Å². The average Bonchev–Trinajstić information content (AvgIpc) is 2.91. The van der Waals surface area contributed by atoms with E-state index in [1.165, 1.54) is 12.1 Å². The number of hydrogen-bond acceptors (Lipinski definition) is 6. The lowest BCUT2D eigenvalue weighted by Crippen LogP contribution is -2.44. The standard InChI is InChI=1S/C28H30N2O6/c1-4-23(19-8-6-5-7-9-19)28(31)29-15-14-20-16-26(34-2)27(35-3)17-24(20)25(29)18-36-22-12-10-21(11-13-22)30(32)33/h5-13,16-17,23,25H,4,14-15,18H2,1-3H3/t23-,25-/m1/s1. The lowest BCUT2D eigenvalue weighted by Gasteiger charge is -2.39. The first kappa shape index (κ1) is 25.0. The van der Waals surface area contributed by atoms with Crippen molar-refractivity contribution in [3.05, 3.63) is 93.5 Å². The number of non-ortho nitro benzene ring substituents is 1. The average molecular weight is 491 g/mol. The summed E-state index contributed by atoms with van der Waals surface area (Å²) >= 11 is 0. The van der Waals surface area contributed by atoms with Crippen LogP contribution < -0.4 is 14.2 Å². The third-order valence-electron chi connectivity index (χ3n) is 6.65. The first-order valence-corrected chi connectivity index (χ1v) is 11.9. The van der Waals surface area contributed by atoms with Crippen molar-refractivity contribution in [3.8, 4) is 17.2 Å². The second-order valence-corrected chi connectivity index (χ2v) is 8.64. The smallest absolute Gasteiger partial charge is 0.269 e. The Morgan fingerprint density at radius 1 is 1.06 bits per heavy atom. The molecule has 0 aliphatic carbocycles. The number of nitrogens with zero attached hydrogens (tertiary/aromatic N) is 2. The Hall–Kier alpha value is -4.07. The fourth-order valence-corrected chi connectivity index (χ4v) is 4.75. The molecule has 36 heavy (non-hydrogen) atoms. The molecule has 0 fully saturated rings. The van der Waals surface area contributed by atoms with Gasteiger partial charge in [-0.25, -0.2) is 0 Å². The summed E-state index contributed by atoms with van der Waals surface area (Å²) in [6, 6.07) is 19.3. The normalized spacial score (nSPS) is 15.5. The number of hydrogen-bond donors (Lipinski definition) is 0. The van der Waals surface area contributed by atoms with E-state index in [0.29, 0.717) is 36.6 Å². The van der Waals surface area contributed by atoms with E-state index < -0.39 is 4.92 Å². The summed E-state index contributed by atoms with van der Waals surface area (Å²) < 4.78 is 17.1. The fraction of sp³-hybridized carbons (Fsp3) is 0.321. The SMILES string of the molecule is CC[C@@H](C(=O)N1CCc2cc(OC)c(OC)cc2[C@H]1COc1ccc([N+](=O)[O-])cc1)c1ccccc1. The molecule has 3 aromatic carbocycles. The van der Waals surface area contributed by atoms with Crippen molar-refractivity contribution in [1.82, 2.24) is 4.90 Å². The summed E-state index contributed by atoms with van der Waals surface area (Å²) in [6.07, 6.45) is 1.36. The van der Waals surface area contributed by atoms with Crippen LogP contribution in [0.2, 0.25) is 0 Å². The lowest BCUT2D eigenvalue weighted by molar-refractivity contribution is -0.384. The van der Waals surface area contributed by atoms with Gasteiger partial charge >= 0.3 is 0 Å². The highest BCUT2D eigenvalue weighted by atomic mass is 16.6. The summed E-state index contributed by atoms with van der Waals surface area (Å²) in [7, 11) is 3.19. The Kier molecular flexibility index (Phi) is 7.73. The van der Waals surface area contributed by atoms with Crippen LogP contribution in [0.5, 0.6) is 17.2 Å². The summed E-state index contributed by atoms with van der Waals surface area (Å²) in [4.78, 5) is 26.3. The van der Waals surface area contributed by atoms with Gasteiger partial charge in [0, 0.05) is 18.7 Å². The number of amides is 1. The Morgan fingerprint density at radius 3 is 2.33 bits per heavy atom. The van der Waals surface area contributed by atoms with Crippen LogP contribution in [0.1, 0.15) is 42.0 Å². The zero-order valence-corrected chi connectivity index (χ0v) is 20.7. The first-order valence-electron chi connectivity index (χ1n) is 11.9. The van der Waals surface area contributed by atoms with E-state index in [2.05, 4.69) is 0 Å². The summed E-state index contributed by atoms with van der Waals surface area (Å²) in [5.41, 5.74) is 2.99. The minimum Gasteiger partial charge on any atom is -0.493 e. The highest BCUT2D eigenvalue weighted by Gasteiger charge is 2.36.